The second kappa shape index (κ2) is 13.4. The Morgan fingerprint density at radius 3 is 2.52 bits per heavy atom. The number of aromatic hydroxyl groups is 1. The molecule has 0 bridgehead atoms. The predicted octanol–water partition coefficient (Wildman–Crippen LogP) is 3.95. The normalized spacial score (nSPS) is 15.2. The summed E-state index contributed by atoms with van der Waals surface area (Å²) in [5.74, 6) is 1.73. The highest BCUT2D eigenvalue weighted by Crippen LogP contribution is 2.25. The third kappa shape index (κ3) is 7.57. The molecule has 3 rings (SSSR count). The topological polar surface area (TPSA) is 69.1 Å². The number of hydrogen-bond donors (Lipinski definition) is 3. The minimum Gasteiger partial charge on any atom is -0.508 e. The molecule has 2 aromatic rings. The first-order valence-electron chi connectivity index (χ1n) is 10.9. The summed E-state index contributed by atoms with van der Waals surface area (Å²) in [4.78, 5) is 7.43. The lowest BCUT2D eigenvalue weighted by molar-refractivity contribution is 0.251. The Morgan fingerprint density at radius 1 is 1.13 bits per heavy atom. The van der Waals surface area contributed by atoms with Crippen molar-refractivity contribution in [1.29, 1.82) is 0 Å². The molecule has 0 saturated carbocycles. The van der Waals surface area contributed by atoms with Gasteiger partial charge in [-0.2, -0.15) is 0 Å². The number of rotatable bonds is 9. The molecule has 1 fully saturated rings. The maximum Gasteiger partial charge on any atom is 0.191 e. The van der Waals surface area contributed by atoms with Crippen molar-refractivity contribution in [3.05, 3.63) is 59.7 Å². The van der Waals surface area contributed by atoms with Gasteiger partial charge in [-0.3, -0.25) is 9.89 Å². The molecule has 6 nitrogen and oxygen atoms in total. The standard InChI is InChI=1S/C24H34N4O2.HI/c1-3-25-24(26-14-13-20-11-12-21(30-2)17-23(20)29)27-18-22(28-15-7-8-16-28)19-9-5-4-6-10-19;/h4-6,9-12,17,22,29H,3,7-8,13-16,18H2,1-2H3,(H2,25,26,27);1H. The molecule has 0 aliphatic carbocycles. The summed E-state index contributed by atoms with van der Waals surface area (Å²) in [7, 11) is 1.60. The summed E-state index contributed by atoms with van der Waals surface area (Å²) in [5.41, 5.74) is 2.21. The number of benzene rings is 2. The largest absolute Gasteiger partial charge is 0.508 e. The SMILES string of the molecule is CCNC(=NCC(c1ccccc1)N1CCCC1)NCCc1ccc(OC)cc1O.I. The number of phenolic OH excluding ortho intramolecular Hbond substituents is 1. The van der Waals surface area contributed by atoms with Crippen LogP contribution in [0.4, 0.5) is 0 Å². The first-order chi connectivity index (χ1) is 14.7. The van der Waals surface area contributed by atoms with Crippen LogP contribution in [0.3, 0.4) is 0 Å². The molecule has 7 heteroatoms. The Bertz CT molecular complexity index is 810. The van der Waals surface area contributed by atoms with Crippen molar-refractivity contribution in [1.82, 2.24) is 15.5 Å². The first kappa shape index (κ1) is 25.3. The molecule has 1 saturated heterocycles. The highest BCUT2D eigenvalue weighted by molar-refractivity contribution is 14.0. The average molecular weight is 538 g/mol. The lowest BCUT2D eigenvalue weighted by Crippen LogP contribution is -2.39. The van der Waals surface area contributed by atoms with Gasteiger partial charge in [0, 0.05) is 19.2 Å². The molecule has 0 amide bonds. The molecule has 0 radical (unpaired) electrons. The van der Waals surface area contributed by atoms with Crippen LogP contribution in [-0.2, 0) is 6.42 Å². The smallest absolute Gasteiger partial charge is 0.191 e. The van der Waals surface area contributed by atoms with Crippen LogP contribution in [0.1, 0.15) is 36.9 Å². The number of phenols is 1. The van der Waals surface area contributed by atoms with Gasteiger partial charge in [0.25, 0.3) is 0 Å². The number of ether oxygens (including phenoxy) is 1. The van der Waals surface area contributed by atoms with Gasteiger partial charge in [0.05, 0.1) is 19.7 Å². The van der Waals surface area contributed by atoms with Crippen LogP contribution >= 0.6 is 24.0 Å². The summed E-state index contributed by atoms with van der Waals surface area (Å²) in [6, 6.07) is 16.4. The molecule has 170 valence electrons. The summed E-state index contributed by atoms with van der Waals surface area (Å²) in [6.07, 6.45) is 3.22. The molecule has 1 heterocycles. The fourth-order valence-corrected chi connectivity index (χ4v) is 3.88. The van der Waals surface area contributed by atoms with Crippen LogP contribution in [0.2, 0.25) is 0 Å². The fraction of sp³-hybridized carbons (Fsp3) is 0.458. The molecule has 31 heavy (non-hydrogen) atoms. The molecular weight excluding hydrogens is 503 g/mol. The van der Waals surface area contributed by atoms with E-state index in [0.717, 1.165) is 31.2 Å². The van der Waals surface area contributed by atoms with Crippen molar-refractivity contribution in [3.8, 4) is 11.5 Å². The Labute approximate surface area is 203 Å². The number of nitrogens with one attached hydrogen (secondary N) is 2. The van der Waals surface area contributed by atoms with Crippen molar-refractivity contribution < 1.29 is 9.84 Å². The van der Waals surface area contributed by atoms with Gasteiger partial charge in [-0.1, -0.05) is 36.4 Å². The van der Waals surface area contributed by atoms with E-state index in [4.69, 9.17) is 9.73 Å². The van der Waals surface area contributed by atoms with E-state index in [1.807, 2.05) is 12.1 Å². The fourth-order valence-electron chi connectivity index (χ4n) is 3.88. The minimum atomic E-state index is 0. The van der Waals surface area contributed by atoms with E-state index < -0.39 is 0 Å². The van der Waals surface area contributed by atoms with Crippen LogP contribution in [0.5, 0.6) is 11.5 Å². The lowest BCUT2D eigenvalue weighted by Gasteiger charge is -2.27. The van der Waals surface area contributed by atoms with Crippen LogP contribution in [0.25, 0.3) is 0 Å². The quantitative estimate of drug-likeness (QED) is 0.256. The van der Waals surface area contributed by atoms with Crippen LogP contribution < -0.4 is 15.4 Å². The predicted molar refractivity (Wildman–Crippen MR) is 138 cm³/mol. The molecule has 0 spiro atoms. The number of nitrogens with zero attached hydrogens (tertiary/aromatic N) is 2. The van der Waals surface area contributed by atoms with Crippen LogP contribution in [0, 0.1) is 0 Å². The third-order valence-corrected chi connectivity index (χ3v) is 5.51. The Morgan fingerprint density at radius 2 is 1.87 bits per heavy atom. The number of guanidine groups is 1. The van der Waals surface area contributed by atoms with E-state index in [0.29, 0.717) is 31.3 Å². The second-order valence-corrected chi connectivity index (χ2v) is 7.56. The average Bonchev–Trinajstić information content (AvgIpc) is 3.30. The van der Waals surface area contributed by atoms with Crippen molar-refractivity contribution in [2.24, 2.45) is 4.99 Å². The van der Waals surface area contributed by atoms with Crippen molar-refractivity contribution in [2.75, 3.05) is 39.8 Å². The van der Waals surface area contributed by atoms with E-state index in [1.54, 1.807) is 13.2 Å². The van der Waals surface area contributed by atoms with E-state index in [2.05, 4.69) is 52.8 Å². The number of halogens is 1. The van der Waals surface area contributed by atoms with Crippen molar-refractivity contribution >= 4 is 29.9 Å². The van der Waals surface area contributed by atoms with E-state index in [-0.39, 0.29) is 29.7 Å². The second-order valence-electron chi connectivity index (χ2n) is 7.56. The van der Waals surface area contributed by atoms with Crippen LogP contribution in [0.15, 0.2) is 53.5 Å². The Kier molecular flexibility index (Phi) is 10.9. The first-order valence-corrected chi connectivity index (χ1v) is 10.9. The zero-order valence-electron chi connectivity index (χ0n) is 18.5. The van der Waals surface area contributed by atoms with Crippen molar-refractivity contribution in [2.45, 2.75) is 32.2 Å². The molecule has 2 aromatic carbocycles. The zero-order chi connectivity index (χ0) is 21.2. The number of aliphatic imine (C=N–C) groups is 1. The Balaban J connectivity index is 0.00000341. The van der Waals surface area contributed by atoms with Gasteiger partial charge >= 0.3 is 0 Å². The molecule has 1 atom stereocenters. The van der Waals surface area contributed by atoms with Gasteiger partial charge in [-0.15, -0.1) is 24.0 Å². The van der Waals surface area contributed by atoms with Crippen molar-refractivity contribution in [3.63, 3.8) is 0 Å². The molecule has 0 aromatic heterocycles. The molecular formula is C24H35IN4O2. The lowest BCUT2D eigenvalue weighted by atomic mass is 10.1. The van der Waals surface area contributed by atoms with E-state index in [9.17, 15) is 5.11 Å². The highest BCUT2D eigenvalue weighted by Gasteiger charge is 2.23. The zero-order valence-corrected chi connectivity index (χ0v) is 20.8. The highest BCUT2D eigenvalue weighted by atomic mass is 127. The maximum absolute atomic E-state index is 10.2. The van der Waals surface area contributed by atoms with Crippen LogP contribution in [-0.4, -0.2) is 55.8 Å². The molecule has 1 unspecified atom stereocenters. The number of methoxy groups -OCH3 is 1. The van der Waals surface area contributed by atoms with Gasteiger partial charge in [-0.05, 0) is 56.5 Å². The molecule has 3 N–H and O–H groups in total. The minimum absolute atomic E-state index is 0. The van der Waals surface area contributed by atoms with Gasteiger partial charge < -0.3 is 20.5 Å². The van der Waals surface area contributed by atoms with Gasteiger partial charge in [0.2, 0.25) is 0 Å². The number of hydrogen-bond acceptors (Lipinski definition) is 4. The monoisotopic (exact) mass is 538 g/mol. The molecule has 1 aliphatic rings. The van der Waals surface area contributed by atoms with Gasteiger partial charge in [-0.25, -0.2) is 0 Å². The summed E-state index contributed by atoms with van der Waals surface area (Å²) >= 11 is 0. The summed E-state index contributed by atoms with van der Waals surface area (Å²) in [6.45, 7) is 6.55. The van der Waals surface area contributed by atoms with Gasteiger partial charge in [0.15, 0.2) is 5.96 Å². The summed E-state index contributed by atoms with van der Waals surface area (Å²) < 4.78 is 5.15. The van der Waals surface area contributed by atoms with Gasteiger partial charge in [0.1, 0.15) is 11.5 Å². The molecule has 1 aliphatic heterocycles. The van der Waals surface area contributed by atoms with E-state index in [1.165, 1.54) is 18.4 Å². The Hall–Kier alpha value is -2.00. The number of likely N-dealkylation sites (tertiary alicyclic amines) is 1. The maximum atomic E-state index is 10.2. The van der Waals surface area contributed by atoms with E-state index >= 15 is 0 Å². The summed E-state index contributed by atoms with van der Waals surface area (Å²) in [5, 5.41) is 16.9. The third-order valence-electron chi connectivity index (χ3n) is 5.51.